The molecule has 2 aromatic rings. The fraction of sp³-hybridized carbons (Fsp3) is 0.391. The average Bonchev–Trinajstić information content (AvgIpc) is 3.15. The van der Waals surface area contributed by atoms with E-state index < -0.39 is 40.9 Å². The lowest BCUT2D eigenvalue weighted by molar-refractivity contribution is -0.143. The van der Waals surface area contributed by atoms with Crippen molar-refractivity contribution >= 4 is 11.9 Å². The van der Waals surface area contributed by atoms with E-state index in [1.165, 1.54) is 11.0 Å². The van der Waals surface area contributed by atoms with Crippen LogP contribution in [0, 0.1) is 12.7 Å². The molecule has 164 valence electrons. The Balaban J connectivity index is 1.84. The summed E-state index contributed by atoms with van der Waals surface area (Å²) in [4.78, 5) is 27.2. The van der Waals surface area contributed by atoms with Crippen LogP contribution in [0.25, 0.3) is 0 Å². The van der Waals surface area contributed by atoms with Crippen molar-refractivity contribution in [1.29, 1.82) is 0 Å². The van der Waals surface area contributed by atoms with Crippen LogP contribution in [0.5, 0.6) is 0 Å². The highest BCUT2D eigenvalue weighted by Gasteiger charge is 2.55. The Morgan fingerprint density at radius 1 is 1.16 bits per heavy atom. The van der Waals surface area contributed by atoms with Gasteiger partial charge >= 0.3 is 12.1 Å². The van der Waals surface area contributed by atoms with Crippen molar-refractivity contribution in [3.05, 3.63) is 70.0 Å². The van der Waals surface area contributed by atoms with Crippen LogP contribution in [0.15, 0.2) is 36.4 Å². The number of rotatable bonds is 3. The molecule has 1 fully saturated rings. The zero-order valence-electron chi connectivity index (χ0n) is 16.8. The van der Waals surface area contributed by atoms with Gasteiger partial charge in [-0.25, -0.2) is 4.39 Å². The summed E-state index contributed by atoms with van der Waals surface area (Å²) >= 11 is 0. The number of nitrogens with zero attached hydrogens (tertiary/aromatic N) is 1. The number of aliphatic carboxylic acids is 1. The molecule has 0 saturated heterocycles. The second-order valence-corrected chi connectivity index (χ2v) is 8.38. The topological polar surface area (TPSA) is 57.6 Å². The van der Waals surface area contributed by atoms with Crippen molar-refractivity contribution in [2.24, 2.45) is 0 Å². The molecule has 2 aliphatic rings. The molecule has 31 heavy (non-hydrogen) atoms. The average molecular weight is 435 g/mol. The van der Waals surface area contributed by atoms with Crippen LogP contribution in [-0.2, 0) is 17.5 Å². The molecule has 8 heteroatoms. The summed E-state index contributed by atoms with van der Waals surface area (Å²) in [5.41, 5.74) is -0.808. The molecule has 1 saturated carbocycles. The quantitative estimate of drug-likeness (QED) is 0.667. The Bertz CT molecular complexity index is 1060. The number of carbonyl (C=O) groups is 2. The predicted molar refractivity (Wildman–Crippen MR) is 104 cm³/mol. The van der Waals surface area contributed by atoms with Crippen molar-refractivity contribution in [3.63, 3.8) is 0 Å². The molecular formula is C23H21F4NO3. The van der Waals surface area contributed by atoms with Gasteiger partial charge in [-0.05, 0) is 49.1 Å². The number of carboxylic acids is 1. The maximum absolute atomic E-state index is 13.7. The molecule has 1 aliphatic heterocycles. The summed E-state index contributed by atoms with van der Waals surface area (Å²) in [6, 6.07) is 7.64. The molecule has 1 aliphatic carbocycles. The Hall–Kier alpha value is -2.90. The van der Waals surface area contributed by atoms with Crippen molar-refractivity contribution in [1.82, 2.24) is 4.90 Å². The van der Waals surface area contributed by atoms with Crippen LogP contribution in [-0.4, -0.2) is 27.4 Å². The van der Waals surface area contributed by atoms with Gasteiger partial charge in [0.1, 0.15) is 11.7 Å². The highest BCUT2D eigenvalue weighted by molar-refractivity contribution is 6.01. The van der Waals surface area contributed by atoms with Crippen LogP contribution in [0.2, 0.25) is 0 Å². The number of alkyl halides is 3. The second-order valence-electron chi connectivity index (χ2n) is 8.38. The van der Waals surface area contributed by atoms with Crippen molar-refractivity contribution < 1.29 is 32.3 Å². The van der Waals surface area contributed by atoms with Gasteiger partial charge in [-0.2, -0.15) is 13.2 Å². The monoisotopic (exact) mass is 435 g/mol. The van der Waals surface area contributed by atoms with Gasteiger partial charge < -0.3 is 10.0 Å². The Morgan fingerprint density at radius 3 is 2.45 bits per heavy atom. The van der Waals surface area contributed by atoms with Gasteiger partial charge in [-0.3, -0.25) is 9.59 Å². The number of aryl methyl sites for hydroxylation is 1. The molecule has 0 aromatic heterocycles. The van der Waals surface area contributed by atoms with Gasteiger partial charge in [-0.15, -0.1) is 0 Å². The minimum absolute atomic E-state index is 0.105. The largest absolute Gasteiger partial charge is 0.481 e. The maximum atomic E-state index is 13.7. The van der Waals surface area contributed by atoms with Crippen LogP contribution in [0.4, 0.5) is 17.6 Å². The molecule has 1 N–H and O–H groups in total. The van der Waals surface area contributed by atoms with E-state index in [2.05, 4.69) is 0 Å². The zero-order chi connectivity index (χ0) is 22.6. The van der Waals surface area contributed by atoms with Crippen LogP contribution >= 0.6 is 0 Å². The van der Waals surface area contributed by atoms with Gasteiger partial charge in [0.25, 0.3) is 5.91 Å². The third-order valence-electron chi connectivity index (χ3n) is 6.46. The number of hydrogen-bond acceptors (Lipinski definition) is 2. The van der Waals surface area contributed by atoms with E-state index >= 15 is 0 Å². The SMILES string of the molecule is Cc1ccc2c(c1)C(C(=O)O)C1(CCCC1)N(Cc1ccc(F)c(C(F)(F)F)c1)C2=O. The van der Waals surface area contributed by atoms with Gasteiger partial charge in [0, 0.05) is 12.1 Å². The predicted octanol–water partition coefficient (Wildman–Crippen LogP) is 5.29. The van der Waals surface area contributed by atoms with E-state index in [1.54, 1.807) is 18.2 Å². The third-order valence-corrected chi connectivity index (χ3v) is 6.46. The molecule has 1 unspecified atom stereocenters. The van der Waals surface area contributed by atoms with Gasteiger partial charge in [0.15, 0.2) is 0 Å². The molecule has 1 heterocycles. The van der Waals surface area contributed by atoms with E-state index in [-0.39, 0.29) is 17.7 Å². The Kier molecular flexibility index (Phi) is 5.06. The second kappa shape index (κ2) is 7.35. The van der Waals surface area contributed by atoms with Gasteiger partial charge in [0.05, 0.1) is 11.1 Å². The lowest BCUT2D eigenvalue weighted by Gasteiger charge is -2.49. The maximum Gasteiger partial charge on any atom is 0.419 e. The van der Waals surface area contributed by atoms with Crippen LogP contribution < -0.4 is 0 Å². The fourth-order valence-electron chi connectivity index (χ4n) is 5.12. The lowest BCUT2D eigenvalue weighted by Crippen LogP contribution is -2.58. The van der Waals surface area contributed by atoms with E-state index in [4.69, 9.17) is 0 Å². The molecule has 4 rings (SSSR count). The van der Waals surface area contributed by atoms with Crippen LogP contribution in [0.3, 0.4) is 0 Å². The highest BCUT2D eigenvalue weighted by atomic mass is 19.4. The summed E-state index contributed by atoms with van der Waals surface area (Å²) in [5, 5.41) is 10.1. The minimum Gasteiger partial charge on any atom is -0.481 e. The number of carboxylic acid groups (broad SMARTS) is 1. The molecular weight excluding hydrogens is 414 g/mol. The summed E-state index contributed by atoms with van der Waals surface area (Å²) < 4.78 is 53.3. The number of fused-ring (bicyclic) bond motifs is 1. The lowest BCUT2D eigenvalue weighted by atomic mass is 9.71. The van der Waals surface area contributed by atoms with Crippen molar-refractivity contribution in [3.8, 4) is 0 Å². The van der Waals surface area contributed by atoms with E-state index in [9.17, 15) is 32.3 Å². The molecule has 4 nitrogen and oxygen atoms in total. The van der Waals surface area contributed by atoms with Gasteiger partial charge in [-0.1, -0.05) is 36.6 Å². The molecule has 0 radical (unpaired) electrons. The number of carbonyl (C=O) groups excluding carboxylic acids is 1. The zero-order valence-corrected chi connectivity index (χ0v) is 16.8. The fourth-order valence-corrected chi connectivity index (χ4v) is 5.12. The first kappa shape index (κ1) is 21.3. The minimum atomic E-state index is -4.87. The summed E-state index contributed by atoms with van der Waals surface area (Å²) in [6.45, 7) is 1.59. The van der Waals surface area contributed by atoms with Gasteiger partial charge in [0.2, 0.25) is 0 Å². The normalized spacial score (nSPS) is 20.2. The number of amides is 1. The van der Waals surface area contributed by atoms with Crippen molar-refractivity contribution in [2.75, 3.05) is 0 Å². The Morgan fingerprint density at radius 2 is 1.84 bits per heavy atom. The van der Waals surface area contributed by atoms with E-state index in [0.29, 0.717) is 37.3 Å². The molecule has 2 aromatic carbocycles. The summed E-state index contributed by atoms with van der Waals surface area (Å²) in [7, 11) is 0. The van der Waals surface area contributed by atoms with Crippen molar-refractivity contribution in [2.45, 2.75) is 56.8 Å². The van der Waals surface area contributed by atoms with E-state index in [0.717, 1.165) is 11.6 Å². The molecule has 0 bridgehead atoms. The Labute approximate surface area is 176 Å². The first-order valence-electron chi connectivity index (χ1n) is 10.1. The highest BCUT2D eigenvalue weighted by Crippen LogP contribution is 2.51. The first-order valence-corrected chi connectivity index (χ1v) is 10.1. The smallest absolute Gasteiger partial charge is 0.419 e. The summed E-state index contributed by atoms with van der Waals surface area (Å²) in [6.07, 6.45) is -2.56. The molecule has 1 spiro atoms. The number of benzene rings is 2. The first-order chi connectivity index (χ1) is 14.5. The standard InChI is InChI=1S/C23H21F4NO3/c1-13-4-6-15-16(10-13)19(21(30)31)22(8-2-3-9-22)28(20(15)29)12-14-5-7-18(24)17(11-14)23(25,26)27/h4-7,10-11,19H,2-3,8-9,12H2,1H3,(H,30,31). The van der Waals surface area contributed by atoms with E-state index in [1.807, 2.05) is 6.92 Å². The molecule has 1 amide bonds. The number of halogens is 4. The molecule has 1 atom stereocenters. The van der Waals surface area contributed by atoms with Crippen LogP contribution in [0.1, 0.15) is 64.2 Å². The summed E-state index contributed by atoms with van der Waals surface area (Å²) in [5.74, 6) is -3.85. The third kappa shape index (κ3) is 3.47. The number of hydrogen-bond donors (Lipinski definition) is 1.